The Kier molecular flexibility index (Phi) is 10.1. The molecule has 0 fully saturated rings. The lowest BCUT2D eigenvalue weighted by Crippen LogP contribution is -2.32. The third-order valence-corrected chi connectivity index (χ3v) is 6.98. The predicted octanol–water partition coefficient (Wildman–Crippen LogP) is 5.92. The van der Waals surface area contributed by atoms with Gasteiger partial charge in [0.2, 0.25) is 0 Å². The molecular weight excluding hydrogens is 514 g/mol. The van der Waals surface area contributed by atoms with Gasteiger partial charge in [0.05, 0.1) is 0 Å². The first-order valence-corrected chi connectivity index (χ1v) is 13.8. The Balaban J connectivity index is 1.43. The van der Waals surface area contributed by atoms with E-state index in [-0.39, 0.29) is 5.91 Å². The van der Waals surface area contributed by atoms with Crippen molar-refractivity contribution >= 4 is 35.1 Å². The number of thioether (sulfide) groups is 1. The van der Waals surface area contributed by atoms with E-state index in [0.29, 0.717) is 28.2 Å². The molecule has 1 aromatic heterocycles. The van der Waals surface area contributed by atoms with Gasteiger partial charge in [0, 0.05) is 43.6 Å². The van der Waals surface area contributed by atoms with Gasteiger partial charge in [-0.25, -0.2) is 9.97 Å². The molecule has 0 aliphatic rings. The highest BCUT2D eigenvalue weighted by atomic mass is 35.5. The molecule has 0 saturated carbocycles. The second-order valence-corrected chi connectivity index (χ2v) is 10.5. The summed E-state index contributed by atoms with van der Waals surface area (Å²) in [6.07, 6.45) is 0. The maximum Gasteiger partial charge on any atom is 0.251 e. The standard InChI is InChI=1S/C30H32ClN5OS/c1-35(2)16-17-36(21-24-12-7-4-8-13-24)28-19-27(31)33-30(34-28)38-22-25-14-9-15-26(18-25)29(37)32-20-23-10-5-3-6-11-23/h3-15,18-19H,16-17,20-22H2,1-2H3,(H,32,37). The van der Waals surface area contributed by atoms with Crippen molar-refractivity contribution in [2.45, 2.75) is 24.0 Å². The number of hydrogen-bond donors (Lipinski definition) is 1. The Bertz CT molecular complexity index is 1320. The second kappa shape index (κ2) is 14.0. The van der Waals surface area contributed by atoms with Gasteiger partial charge in [0.15, 0.2) is 5.16 Å². The molecule has 3 aromatic carbocycles. The molecule has 1 amide bonds. The third-order valence-electron chi connectivity index (χ3n) is 5.87. The lowest BCUT2D eigenvalue weighted by atomic mass is 10.1. The quantitative estimate of drug-likeness (QED) is 0.135. The molecular formula is C30H32ClN5OS. The lowest BCUT2D eigenvalue weighted by molar-refractivity contribution is 0.0951. The van der Waals surface area contributed by atoms with Crippen LogP contribution in [-0.2, 0) is 18.8 Å². The lowest BCUT2D eigenvalue weighted by Gasteiger charge is -2.26. The van der Waals surface area contributed by atoms with Gasteiger partial charge in [-0.2, -0.15) is 0 Å². The maximum absolute atomic E-state index is 12.7. The Hall–Kier alpha value is -3.39. The molecule has 4 rings (SSSR count). The van der Waals surface area contributed by atoms with Crippen LogP contribution in [0.3, 0.4) is 0 Å². The van der Waals surface area contributed by atoms with E-state index >= 15 is 0 Å². The number of anilines is 1. The molecule has 0 bridgehead atoms. The monoisotopic (exact) mass is 545 g/mol. The number of hydrogen-bond acceptors (Lipinski definition) is 6. The number of amides is 1. The minimum Gasteiger partial charge on any atom is -0.351 e. The van der Waals surface area contributed by atoms with E-state index in [0.717, 1.165) is 36.6 Å². The Morgan fingerprint density at radius 2 is 1.53 bits per heavy atom. The summed E-state index contributed by atoms with van der Waals surface area (Å²) in [5.74, 6) is 1.32. The summed E-state index contributed by atoms with van der Waals surface area (Å²) in [5.41, 5.74) is 3.91. The molecule has 0 atom stereocenters. The Labute approximate surface area is 234 Å². The molecule has 0 aliphatic carbocycles. The van der Waals surface area contributed by atoms with E-state index in [1.54, 1.807) is 0 Å². The summed E-state index contributed by atoms with van der Waals surface area (Å²) in [7, 11) is 4.12. The average Bonchev–Trinajstić information content (AvgIpc) is 2.93. The highest BCUT2D eigenvalue weighted by molar-refractivity contribution is 7.98. The minimum atomic E-state index is -0.0977. The van der Waals surface area contributed by atoms with Crippen LogP contribution in [0.25, 0.3) is 0 Å². The number of nitrogens with one attached hydrogen (secondary N) is 1. The smallest absolute Gasteiger partial charge is 0.251 e. The van der Waals surface area contributed by atoms with Gasteiger partial charge in [-0.1, -0.05) is 96.2 Å². The first-order chi connectivity index (χ1) is 18.5. The molecule has 0 spiro atoms. The van der Waals surface area contributed by atoms with Crippen LogP contribution < -0.4 is 10.2 Å². The molecule has 1 N–H and O–H groups in total. The number of benzene rings is 3. The zero-order valence-electron chi connectivity index (χ0n) is 21.7. The van der Waals surface area contributed by atoms with Crippen molar-refractivity contribution in [1.29, 1.82) is 0 Å². The normalized spacial score (nSPS) is 10.9. The van der Waals surface area contributed by atoms with Crippen LogP contribution >= 0.6 is 23.4 Å². The fourth-order valence-corrected chi connectivity index (χ4v) is 4.87. The van der Waals surface area contributed by atoms with Crippen LogP contribution in [0.4, 0.5) is 5.82 Å². The fourth-order valence-electron chi connectivity index (χ4n) is 3.84. The summed E-state index contributed by atoms with van der Waals surface area (Å²) >= 11 is 7.94. The molecule has 0 aliphatic heterocycles. The van der Waals surface area contributed by atoms with E-state index in [9.17, 15) is 4.79 Å². The van der Waals surface area contributed by atoms with E-state index in [1.807, 2.05) is 78.9 Å². The van der Waals surface area contributed by atoms with Crippen LogP contribution in [0.1, 0.15) is 27.0 Å². The van der Waals surface area contributed by atoms with Crippen molar-refractivity contribution in [3.05, 3.63) is 118 Å². The van der Waals surface area contributed by atoms with Gasteiger partial charge < -0.3 is 15.1 Å². The molecule has 38 heavy (non-hydrogen) atoms. The Morgan fingerprint density at radius 1 is 0.842 bits per heavy atom. The molecule has 0 saturated heterocycles. The summed E-state index contributed by atoms with van der Waals surface area (Å²) < 4.78 is 0. The topological polar surface area (TPSA) is 61.4 Å². The maximum atomic E-state index is 12.7. The molecule has 8 heteroatoms. The minimum absolute atomic E-state index is 0.0977. The number of likely N-dealkylation sites (N-methyl/N-ethyl adjacent to an activating group) is 1. The molecule has 1 heterocycles. The predicted molar refractivity (Wildman–Crippen MR) is 157 cm³/mol. The SMILES string of the molecule is CN(C)CCN(Cc1ccccc1)c1cc(Cl)nc(SCc2cccc(C(=O)NCc3ccccc3)c2)n1. The van der Waals surface area contributed by atoms with Crippen LogP contribution in [0, 0.1) is 0 Å². The summed E-state index contributed by atoms with van der Waals surface area (Å²) in [4.78, 5) is 26.4. The Morgan fingerprint density at radius 3 is 2.24 bits per heavy atom. The summed E-state index contributed by atoms with van der Waals surface area (Å²) in [5, 5.41) is 4.00. The van der Waals surface area contributed by atoms with Crippen LogP contribution in [0.2, 0.25) is 5.15 Å². The zero-order chi connectivity index (χ0) is 26.7. The molecule has 0 radical (unpaired) electrons. The van der Waals surface area contributed by atoms with Crippen LogP contribution in [0.15, 0.2) is 96.2 Å². The van der Waals surface area contributed by atoms with Crippen molar-refractivity contribution in [1.82, 2.24) is 20.2 Å². The number of rotatable bonds is 12. The summed E-state index contributed by atoms with van der Waals surface area (Å²) in [6.45, 7) is 2.91. The van der Waals surface area contributed by atoms with Gasteiger partial charge in [-0.05, 0) is 42.9 Å². The van der Waals surface area contributed by atoms with Gasteiger partial charge in [-0.15, -0.1) is 0 Å². The van der Waals surface area contributed by atoms with Gasteiger partial charge >= 0.3 is 0 Å². The largest absolute Gasteiger partial charge is 0.351 e. The van der Waals surface area contributed by atoms with Crippen molar-refractivity contribution in [2.75, 3.05) is 32.1 Å². The number of halogens is 1. The van der Waals surface area contributed by atoms with Crippen molar-refractivity contribution in [3.8, 4) is 0 Å². The van der Waals surface area contributed by atoms with Gasteiger partial charge in [0.1, 0.15) is 11.0 Å². The first-order valence-electron chi connectivity index (χ1n) is 12.5. The number of carbonyl (C=O) groups is 1. The van der Waals surface area contributed by atoms with E-state index in [1.165, 1.54) is 17.3 Å². The number of carbonyl (C=O) groups excluding carboxylic acids is 1. The first kappa shape index (κ1) is 27.6. The van der Waals surface area contributed by atoms with E-state index < -0.39 is 0 Å². The molecule has 4 aromatic rings. The van der Waals surface area contributed by atoms with Crippen LogP contribution in [0.5, 0.6) is 0 Å². The van der Waals surface area contributed by atoms with Crippen molar-refractivity contribution in [2.24, 2.45) is 0 Å². The fraction of sp³-hybridized carbons (Fsp3) is 0.233. The van der Waals surface area contributed by atoms with Gasteiger partial charge in [-0.3, -0.25) is 4.79 Å². The second-order valence-electron chi connectivity index (χ2n) is 9.20. The number of aromatic nitrogens is 2. The molecule has 0 unspecified atom stereocenters. The highest BCUT2D eigenvalue weighted by Crippen LogP contribution is 2.26. The van der Waals surface area contributed by atoms with Gasteiger partial charge in [0.25, 0.3) is 5.91 Å². The highest BCUT2D eigenvalue weighted by Gasteiger charge is 2.14. The van der Waals surface area contributed by atoms with Crippen molar-refractivity contribution in [3.63, 3.8) is 0 Å². The zero-order valence-corrected chi connectivity index (χ0v) is 23.3. The summed E-state index contributed by atoms with van der Waals surface area (Å²) in [6, 6.07) is 29.7. The molecule has 6 nitrogen and oxygen atoms in total. The van der Waals surface area contributed by atoms with Crippen LogP contribution in [-0.4, -0.2) is 48.0 Å². The number of nitrogens with zero attached hydrogens (tertiary/aromatic N) is 4. The molecule has 196 valence electrons. The van der Waals surface area contributed by atoms with Crippen molar-refractivity contribution < 1.29 is 4.79 Å². The average molecular weight is 546 g/mol. The van der Waals surface area contributed by atoms with E-state index in [2.05, 4.69) is 46.3 Å². The third kappa shape index (κ3) is 8.58. The van der Waals surface area contributed by atoms with E-state index in [4.69, 9.17) is 16.6 Å².